The molecule has 0 radical (unpaired) electrons. The third-order valence-electron chi connectivity index (χ3n) is 3.46. The van der Waals surface area contributed by atoms with Crippen molar-refractivity contribution in [2.75, 3.05) is 14.1 Å². The third-order valence-corrected chi connectivity index (χ3v) is 3.46. The molecule has 0 aliphatic rings. The van der Waals surface area contributed by atoms with Crippen molar-refractivity contribution in [2.45, 2.75) is 104 Å². The molecular weight excluding hydrogens is 310 g/mol. The molecule has 1 nitrogen and oxygen atoms in total. The second-order valence-electron chi connectivity index (χ2n) is 5.74. The van der Waals surface area contributed by atoms with Gasteiger partial charge < -0.3 is 5.32 Å². The Labute approximate surface area is 140 Å². The van der Waals surface area contributed by atoms with Crippen LogP contribution in [0.2, 0.25) is 0 Å². The zero-order chi connectivity index (χ0) is 14.6. The van der Waals surface area contributed by atoms with Gasteiger partial charge in [0.05, 0.1) is 0 Å². The second kappa shape index (κ2) is 27.7. The average molecular weight is 352 g/mol. The Balaban J connectivity index is -0.000000657. The lowest BCUT2D eigenvalue weighted by Crippen LogP contribution is -1.89. The Kier molecular flexibility index (Phi) is 35.2. The Morgan fingerprint density at radius 2 is 0.600 bits per heavy atom. The zero-order valence-electron chi connectivity index (χ0n) is 14.8. The van der Waals surface area contributed by atoms with Gasteiger partial charge in [0.1, 0.15) is 0 Å². The summed E-state index contributed by atoms with van der Waals surface area (Å²) < 4.78 is 0. The highest BCUT2D eigenvalue weighted by atomic mass is 79.9. The standard InChI is InChI=1S/C16H34.C2H7N.BrH/c1-3-5-7-9-11-13-15-16-14-12-10-8-6-4-2;1-3-2;/h3-16H2,1-2H3;3H,1-2H3;1H. The fourth-order valence-electron chi connectivity index (χ4n) is 2.27. The topological polar surface area (TPSA) is 12.0 Å². The molecule has 0 amide bonds. The van der Waals surface area contributed by atoms with Crippen molar-refractivity contribution >= 4 is 17.0 Å². The van der Waals surface area contributed by atoms with Crippen LogP contribution in [0.4, 0.5) is 0 Å². The smallest absolute Gasteiger partial charge is 0.0167 e. The average Bonchev–Trinajstić information content (AvgIpc) is 2.41. The molecule has 0 fully saturated rings. The van der Waals surface area contributed by atoms with Crippen molar-refractivity contribution in [2.24, 2.45) is 0 Å². The molecular formula is C18H42BrN. The van der Waals surface area contributed by atoms with Gasteiger partial charge in [-0.05, 0) is 14.1 Å². The van der Waals surface area contributed by atoms with E-state index >= 15 is 0 Å². The van der Waals surface area contributed by atoms with Gasteiger partial charge in [-0.15, -0.1) is 17.0 Å². The first kappa shape index (κ1) is 25.4. The van der Waals surface area contributed by atoms with Crippen LogP contribution in [-0.4, -0.2) is 14.1 Å². The van der Waals surface area contributed by atoms with Gasteiger partial charge in [-0.1, -0.05) is 104 Å². The zero-order valence-corrected chi connectivity index (χ0v) is 16.5. The molecule has 2 heteroatoms. The predicted molar refractivity (Wildman–Crippen MR) is 101 cm³/mol. The van der Waals surface area contributed by atoms with E-state index in [1.165, 1.54) is 89.9 Å². The summed E-state index contributed by atoms with van der Waals surface area (Å²) in [5, 5.41) is 2.75. The van der Waals surface area contributed by atoms with Gasteiger partial charge in [0, 0.05) is 0 Å². The van der Waals surface area contributed by atoms with E-state index in [-0.39, 0.29) is 17.0 Å². The van der Waals surface area contributed by atoms with Crippen LogP contribution in [0.25, 0.3) is 0 Å². The summed E-state index contributed by atoms with van der Waals surface area (Å²) >= 11 is 0. The van der Waals surface area contributed by atoms with Crippen LogP contribution >= 0.6 is 17.0 Å². The van der Waals surface area contributed by atoms with E-state index in [1.54, 1.807) is 0 Å². The maximum Gasteiger partial charge on any atom is -0.0167 e. The van der Waals surface area contributed by atoms with Gasteiger partial charge in [-0.3, -0.25) is 0 Å². The summed E-state index contributed by atoms with van der Waals surface area (Å²) in [5.41, 5.74) is 0. The Morgan fingerprint density at radius 1 is 0.450 bits per heavy atom. The minimum absolute atomic E-state index is 0. The van der Waals surface area contributed by atoms with E-state index in [1.807, 2.05) is 14.1 Å². The molecule has 0 saturated heterocycles. The largest absolute Gasteiger partial charge is 0.323 e. The van der Waals surface area contributed by atoms with E-state index in [0.29, 0.717) is 0 Å². The summed E-state index contributed by atoms with van der Waals surface area (Å²) in [6, 6.07) is 0. The van der Waals surface area contributed by atoms with Crippen LogP contribution in [0.3, 0.4) is 0 Å². The Morgan fingerprint density at radius 3 is 0.750 bits per heavy atom. The van der Waals surface area contributed by atoms with Crippen molar-refractivity contribution in [3.8, 4) is 0 Å². The van der Waals surface area contributed by atoms with Crippen molar-refractivity contribution in [1.29, 1.82) is 0 Å². The van der Waals surface area contributed by atoms with E-state index in [0.717, 1.165) is 0 Å². The second-order valence-corrected chi connectivity index (χ2v) is 5.74. The van der Waals surface area contributed by atoms with Crippen LogP contribution in [-0.2, 0) is 0 Å². The van der Waals surface area contributed by atoms with Crippen molar-refractivity contribution in [1.82, 2.24) is 5.32 Å². The number of unbranched alkanes of at least 4 members (excludes halogenated alkanes) is 13. The van der Waals surface area contributed by atoms with Gasteiger partial charge >= 0.3 is 0 Å². The van der Waals surface area contributed by atoms with Crippen molar-refractivity contribution in [3.05, 3.63) is 0 Å². The lowest BCUT2D eigenvalue weighted by atomic mass is 10.0. The molecule has 0 bridgehead atoms. The molecule has 126 valence electrons. The van der Waals surface area contributed by atoms with Crippen LogP contribution in [0.5, 0.6) is 0 Å². The molecule has 0 aromatic carbocycles. The molecule has 0 spiro atoms. The highest BCUT2D eigenvalue weighted by Gasteiger charge is 1.92. The minimum atomic E-state index is 0. The number of hydrogen-bond donors (Lipinski definition) is 1. The molecule has 0 saturated carbocycles. The van der Waals surface area contributed by atoms with Gasteiger partial charge in [0.15, 0.2) is 0 Å². The first-order valence-electron chi connectivity index (χ1n) is 8.91. The number of hydrogen-bond acceptors (Lipinski definition) is 1. The summed E-state index contributed by atoms with van der Waals surface area (Å²) in [4.78, 5) is 0. The SMILES string of the molecule is Br.CCCCCCCCCCCCCCCC.CNC. The molecule has 0 aliphatic heterocycles. The lowest BCUT2D eigenvalue weighted by molar-refractivity contribution is 0.538. The summed E-state index contributed by atoms with van der Waals surface area (Å²) in [6.07, 6.45) is 20.4. The van der Waals surface area contributed by atoms with Crippen LogP contribution < -0.4 is 5.32 Å². The van der Waals surface area contributed by atoms with E-state index in [9.17, 15) is 0 Å². The highest BCUT2D eigenvalue weighted by Crippen LogP contribution is 2.12. The lowest BCUT2D eigenvalue weighted by Gasteiger charge is -2.02. The summed E-state index contributed by atoms with van der Waals surface area (Å²) in [6.45, 7) is 4.58. The quantitative estimate of drug-likeness (QED) is 0.355. The van der Waals surface area contributed by atoms with Crippen LogP contribution in [0.1, 0.15) is 104 Å². The molecule has 0 aromatic rings. The van der Waals surface area contributed by atoms with Gasteiger partial charge in [-0.2, -0.15) is 0 Å². The third kappa shape index (κ3) is 31.0. The number of rotatable bonds is 13. The Bertz CT molecular complexity index is 115. The number of halogens is 1. The molecule has 1 N–H and O–H groups in total. The fourth-order valence-corrected chi connectivity index (χ4v) is 2.27. The normalized spacial score (nSPS) is 9.60. The predicted octanol–water partition coefficient (Wildman–Crippen LogP) is 6.90. The van der Waals surface area contributed by atoms with E-state index < -0.39 is 0 Å². The monoisotopic (exact) mass is 351 g/mol. The van der Waals surface area contributed by atoms with Gasteiger partial charge in [-0.25, -0.2) is 0 Å². The first-order valence-corrected chi connectivity index (χ1v) is 8.91. The molecule has 0 aromatic heterocycles. The maximum atomic E-state index is 2.75. The maximum absolute atomic E-state index is 2.75. The molecule has 20 heavy (non-hydrogen) atoms. The summed E-state index contributed by atoms with van der Waals surface area (Å²) in [5.74, 6) is 0. The van der Waals surface area contributed by atoms with E-state index in [4.69, 9.17) is 0 Å². The molecule has 0 aliphatic carbocycles. The van der Waals surface area contributed by atoms with Crippen molar-refractivity contribution < 1.29 is 0 Å². The fraction of sp³-hybridized carbons (Fsp3) is 1.00. The highest BCUT2D eigenvalue weighted by molar-refractivity contribution is 8.93. The molecule has 0 rings (SSSR count). The van der Waals surface area contributed by atoms with Gasteiger partial charge in [0.2, 0.25) is 0 Å². The summed E-state index contributed by atoms with van der Waals surface area (Å²) in [7, 11) is 3.75. The first-order chi connectivity index (χ1) is 9.33. The molecule has 0 unspecified atom stereocenters. The number of nitrogens with one attached hydrogen (secondary N) is 1. The molecule has 0 atom stereocenters. The van der Waals surface area contributed by atoms with Crippen LogP contribution in [0, 0.1) is 0 Å². The van der Waals surface area contributed by atoms with Gasteiger partial charge in [0.25, 0.3) is 0 Å². The van der Waals surface area contributed by atoms with Crippen LogP contribution in [0.15, 0.2) is 0 Å². The minimum Gasteiger partial charge on any atom is -0.323 e. The van der Waals surface area contributed by atoms with Crippen molar-refractivity contribution in [3.63, 3.8) is 0 Å². The van der Waals surface area contributed by atoms with E-state index in [2.05, 4.69) is 19.2 Å². The molecule has 0 heterocycles. The Hall–Kier alpha value is 0.440.